The van der Waals surface area contributed by atoms with Crippen molar-refractivity contribution in [3.63, 3.8) is 0 Å². The number of nitrogens with zero attached hydrogens (tertiary/aromatic N) is 1. The van der Waals surface area contributed by atoms with Crippen molar-refractivity contribution in [2.45, 2.75) is 39.7 Å². The molecule has 0 aromatic carbocycles. The van der Waals surface area contributed by atoms with E-state index in [4.69, 9.17) is 0 Å². The molecule has 1 rings (SSSR count). The van der Waals surface area contributed by atoms with Crippen LogP contribution in [0.15, 0.2) is 0 Å². The number of rotatable bonds is 0. The Bertz CT molecular complexity index is 209. The van der Waals surface area contributed by atoms with Gasteiger partial charge in [-0.2, -0.15) is 5.06 Å². The van der Waals surface area contributed by atoms with Gasteiger partial charge in [-0.1, -0.05) is 13.8 Å². The van der Waals surface area contributed by atoms with Crippen LogP contribution in [0.25, 0.3) is 0 Å². The molecule has 0 aromatic heterocycles. The molecule has 0 amide bonds. The summed E-state index contributed by atoms with van der Waals surface area (Å²) in [5.74, 6) is 0.234. The van der Waals surface area contributed by atoms with Gasteiger partial charge in [0, 0.05) is 18.4 Å². The summed E-state index contributed by atoms with van der Waals surface area (Å²) in [6.07, 6.45) is 0.451. The van der Waals surface area contributed by atoms with Crippen LogP contribution in [0.1, 0.15) is 34.1 Å². The predicted molar refractivity (Wildman–Crippen MR) is 46.0 cm³/mol. The molecule has 0 aromatic rings. The average molecular weight is 171 g/mol. The molecule has 0 atom stereocenters. The van der Waals surface area contributed by atoms with Gasteiger partial charge in [0.15, 0.2) is 0 Å². The van der Waals surface area contributed by atoms with Crippen molar-refractivity contribution in [2.75, 3.05) is 6.54 Å². The van der Waals surface area contributed by atoms with E-state index in [9.17, 15) is 10.0 Å². The van der Waals surface area contributed by atoms with E-state index in [1.54, 1.807) is 0 Å². The first kappa shape index (κ1) is 9.68. The second-order valence-electron chi connectivity index (χ2n) is 4.48. The van der Waals surface area contributed by atoms with Gasteiger partial charge in [-0.15, -0.1) is 0 Å². The van der Waals surface area contributed by atoms with Gasteiger partial charge in [0.25, 0.3) is 0 Å². The number of Topliss-reactive ketones (excluding diaryl/α,β-unsaturated/α-hetero) is 1. The number of carbonyl (C=O) groups is 1. The molecule has 0 bridgehead atoms. The topological polar surface area (TPSA) is 40.5 Å². The van der Waals surface area contributed by atoms with Crippen LogP contribution in [0.5, 0.6) is 0 Å². The number of piperidine rings is 1. The van der Waals surface area contributed by atoms with Gasteiger partial charge in [0.1, 0.15) is 5.78 Å². The minimum Gasteiger partial charge on any atom is -0.313 e. The summed E-state index contributed by atoms with van der Waals surface area (Å²) in [7, 11) is 0. The molecule has 1 fully saturated rings. The van der Waals surface area contributed by atoms with Crippen LogP contribution in [0.2, 0.25) is 0 Å². The molecule has 0 unspecified atom stereocenters. The Balaban J connectivity index is 3.00. The molecule has 1 heterocycles. The van der Waals surface area contributed by atoms with E-state index in [2.05, 4.69) is 0 Å². The lowest BCUT2D eigenvalue weighted by Crippen LogP contribution is -2.60. The number of carbonyl (C=O) groups excluding carboxylic acids is 1. The molecule has 0 saturated carbocycles. The van der Waals surface area contributed by atoms with Gasteiger partial charge in [0.05, 0.1) is 5.54 Å². The Morgan fingerprint density at radius 2 is 1.83 bits per heavy atom. The predicted octanol–water partition coefficient (Wildman–Crippen LogP) is 1.46. The van der Waals surface area contributed by atoms with E-state index in [0.29, 0.717) is 13.0 Å². The van der Waals surface area contributed by atoms with Gasteiger partial charge >= 0.3 is 0 Å². The highest BCUT2D eigenvalue weighted by Gasteiger charge is 2.49. The molecule has 12 heavy (non-hydrogen) atoms. The lowest BCUT2D eigenvalue weighted by molar-refractivity contribution is -0.214. The van der Waals surface area contributed by atoms with Crippen LogP contribution in [0.4, 0.5) is 0 Å². The Labute approximate surface area is 73.3 Å². The fourth-order valence-corrected chi connectivity index (χ4v) is 1.46. The normalized spacial score (nSPS) is 28.9. The van der Waals surface area contributed by atoms with Gasteiger partial charge in [-0.3, -0.25) is 4.79 Å². The van der Waals surface area contributed by atoms with Crippen molar-refractivity contribution in [3.05, 3.63) is 0 Å². The van der Waals surface area contributed by atoms with Gasteiger partial charge in [-0.25, -0.2) is 0 Å². The van der Waals surface area contributed by atoms with Crippen LogP contribution < -0.4 is 0 Å². The number of ketones is 1. The molecule has 3 nitrogen and oxygen atoms in total. The van der Waals surface area contributed by atoms with Crippen molar-refractivity contribution < 1.29 is 10.0 Å². The Morgan fingerprint density at radius 3 is 2.25 bits per heavy atom. The van der Waals surface area contributed by atoms with Crippen molar-refractivity contribution in [3.8, 4) is 0 Å². The quantitative estimate of drug-likeness (QED) is 0.599. The van der Waals surface area contributed by atoms with E-state index >= 15 is 0 Å². The van der Waals surface area contributed by atoms with Crippen LogP contribution in [0.3, 0.4) is 0 Å². The Morgan fingerprint density at radius 1 is 1.33 bits per heavy atom. The van der Waals surface area contributed by atoms with Gasteiger partial charge in [0.2, 0.25) is 0 Å². The number of hydrogen-bond acceptors (Lipinski definition) is 3. The van der Waals surface area contributed by atoms with Crippen LogP contribution >= 0.6 is 0 Å². The van der Waals surface area contributed by atoms with Crippen LogP contribution in [-0.4, -0.2) is 28.1 Å². The molecule has 0 aliphatic carbocycles. The van der Waals surface area contributed by atoms with Crippen molar-refractivity contribution in [2.24, 2.45) is 5.41 Å². The molecule has 1 saturated heterocycles. The monoisotopic (exact) mass is 171 g/mol. The van der Waals surface area contributed by atoms with Gasteiger partial charge < -0.3 is 5.21 Å². The molecule has 1 aliphatic rings. The molecular weight excluding hydrogens is 154 g/mol. The second kappa shape index (κ2) is 2.54. The zero-order valence-electron chi connectivity index (χ0n) is 8.22. The van der Waals surface area contributed by atoms with Crippen molar-refractivity contribution in [1.82, 2.24) is 5.06 Å². The molecular formula is C9H17NO2. The van der Waals surface area contributed by atoms with Crippen LogP contribution in [-0.2, 0) is 4.79 Å². The van der Waals surface area contributed by atoms with Crippen molar-refractivity contribution in [1.29, 1.82) is 0 Å². The molecule has 70 valence electrons. The van der Waals surface area contributed by atoms with E-state index in [0.717, 1.165) is 0 Å². The summed E-state index contributed by atoms with van der Waals surface area (Å²) in [5.41, 5.74) is -0.914. The SMILES string of the molecule is CC1(C)C(=O)CCN(O)C1(C)C. The third-order valence-electron chi connectivity index (χ3n) is 3.42. The average Bonchev–Trinajstić information content (AvgIpc) is 1.96. The number of hydrogen-bond donors (Lipinski definition) is 1. The number of hydroxylamine groups is 2. The standard InChI is InChI=1S/C9H17NO2/c1-8(2)7(11)5-6-10(12)9(8,3)4/h12H,5-6H2,1-4H3. The zero-order valence-corrected chi connectivity index (χ0v) is 8.22. The maximum atomic E-state index is 11.5. The Hall–Kier alpha value is -0.410. The third-order valence-corrected chi connectivity index (χ3v) is 3.42. The third kappa shape index (κ3) is 1.08. The lowest BCUT2D eigenvalue weighted by Gasteiger charge is -2.48. The van der Waals surface area contributed by atoms with E-state index in [1.807, 2.05) is 27.7 Å². The largest absolute Gasteiger partial charge is 0.313 e. The molecule has 1 aliphatic heterocycles. The first-order chi connectivity index (χ1) is 5.30. The first-order valence-corrected chi connectivity index (χ1v) is 4.30. The highest BCUT2D eigenvalue weighted by Crippen LogP contribution is 2.39. The first-order valence-electron chi connectivity index (χ1n) is 4.30. The van der Waals surface area contributed by atoms with Crippen LogP contribution in [0, 0.1) is 5.41 Å². The van der Waals surface area contributed by atoms with Crippen molar-refractivity contribution >= 4 is 5.78 Å². The maximum absolute atomic E-state index is 11.5. The smallest absolute Gasteiger partial charge is 0.141 e. The fraction of sp³-hybridized carbons (Fsp3) is 0.889. The Kier molecular flexibility index (Phi) is 2.05. The molecule has 0 radical (unpaired) electrons. The van der Waals surface area contributed by atoms with E-state index in [1.165, 1.54) is 5.06 Å². The minimum absolute atomic E-state index is 0.234. The summed E-state index contributed by atoms with van der Waals surface area (Å²) in [5, 5.41) is 10.8. The van der Waals surface area contributed by atoms with E-state index in [-0.39, 0.29) is 5.78 Å². The minimum atomic E-state index is -0.458. The lowest BCUT2D eigenvalue weighted by atomic mass is 9.68. The summed E-state index contributed by atoms with van der Waals surface area (Å²) in [6, 6.07) is 0. The summed E-state index contributed by atoms with van der Waals surface area (Å²) < 4.78 is 0. The maximum Gasteiger partial charge on any atom is 0.141 e. The molecule has 1 N–H and O–H groups in total. The summed E-state index contributed by atoms with van der Waals surface area (Å²) in [6.45, 7) is 8.01. The zero-order chi connectivity index (χ0) is 9.57. The highest BCUT2D eigenvalue weighted by atomic mass is 16.5. The highest BCUT2D eigenvalue weighted by molar-refractivity contribution is 5.86. The molecule has 0 spiro atoms. The van der Waals surface area contributed by atoms with Gasteiger partial charge in [-0.05, 0) is 13.8 Å². The second-order valence-corrected chi connectivity index (χ2v) is 4.48. The fourth-order valence-electron chi connectivity index (χ4n) is 1.46. The molecule has 3 heteroatoms. The summed E-state index contributed by atoms with van der Waals surface area (Å²) >= 11 is 0. The van der Waals surface area contributed by atoms with E-state index < -0.39 is 11.0 Å². The summed E-state index contributed by atoms with van der Waals surface area (Å²) in [4.78, 5) is 11.5.